The third kappa shape index (κ3) is 1.07. The molecule has 1 aromatic rings. The standard InChI is InChI=1S/C9H9NO2/c11-6-7-3-5-12-8-2-1-4-10-9(7)8/h1-2,4,6-7H,3,5H2. The van der Waals surface area contributed by atoms with Crippen molar-refractivity contribution in [3.8, 4) is 5.75 Å². The van der Waals surface area contributed by atoms with Crippen molar-refractivity contribution in [1.82, 2.24) is 4.98 Å². The van der Waals surface area contributed by atoms with E-state index in [1.54, 1.807) is 6.20 Å². The number of aromatic nitrogens is 1. The largest absolute Gasteiger partial charge is 0.492 e. The molecule has 0 spiro atoms. The van der Waals surface area contributed by atoms with Crippen molar-refractivity contribution in [2.75, 3.05) is 6.61 Å². The van der Waals surface area contributed by atoms with Gasteiger partial charge < -0.3 is 9.53 Å². The molecule has 0 radical (unpaired) electrons. The van der Waals surface area contributed by atoms with Crippen molar-refractivity contribution in [2.24, 2.45) is 0 Å². The molecule has 1 unspecified atom stereocenters. The summed E-state index contributed by atoms with van der Waals surface area (Å²) in [4.78, 5) is 14.7. The molecule has 3 nitrogen and oxygen atoms in total. The second-order valence-electron chi connectivity index (χ2n) is 2.77. The summed E-state index contributed by atoms with van der Waals surface area (Å²) >= 11 is 0. The van der Waals surface area contributed by atoms with Crippen LogP contribution in [0.25, 0.3) is 0 Å². The van der Waals surface area contributed by atoms with Gasteiger partial charge in [-0.25, -0.2) is 0 Å². The molecule has 0 aliphatic carbocycles. The predicted octanol–water partition coefficient (Wildman–Crippen LogP) is 1.15. The van der Waals surface area contributed by atoms with E-state index in [0.717, 1.165) is 24.2 Å². The van der Waals surface area contributed by atoms with Gasteiger partial charge in [0.1, 0.15) is 12.0 Å². The zero-order chi connectivity index (χ0) is 8.39. The fourth-order valence-corrected chi connectivity index (χ4v) is 1.37. The van der Waals surface area contributed by atoms with Gasteiger partial charge in [0.25, 0.3) is 0 Å². The van der Waals surface area contributed by atoms with Crippen LogP contribution >= 0.6 is 0 Å². The van der Waals surface area contributed by atoms with Crippen molar-refractivity contribution < 1.29 is 9.53 Å². The highest BCUT2D eigenvalue weighted by Crippen LogP contribution is 2.29. The molecule has 0 amide bonds. The first-order chi connectivity index (χ1) is 5.92. The third-order valence-corrected chi connectivity index (χ3v) is 2.00. The number of hydrogen-bond acceptors (Lipinski definition) is 3. The molecule has 1 atom stereocenters. The minimum atomic E-state index is -0.0741. The lowest BCUT2D eigenvalue weighted by Crippen LogP contribution is -2.16. The van der Waals surface area contributed by atoms with Crippen LogP contribution in [0.3, 0.4) is 0 Å². The Bertz CT molecular complexity index is 298. The first-order valence-electron chi connectivity index (χ1n) is 3.95. The predicted molar refractivity (Wildman–Crippen MR) is 43.2 cm³/mol. The molecule has 2 heterocycles. The minimum Gasteiger partial charge on any atom is -0.492 e. The van der Waals surface area contributed by atoms with Crippen LogP contribution in [-0.2, 0) is 4.79 Å². The number of aldehydes is 1. The van der Waals surface area contributed by atoms with E-state index in [2.05, 4.69) is 4.98 Å². The minimum absolute atomic E-state index is 0.0741. The summed E-state index contributed by atoms with van der Waals surface area (Å²) in [5, 5.41) is 0. The second kappa shape index (κ2) is 2.93. The normalized spacial score (nSPS) is 20.8. The topological polar surface area (TPSA) is 39.2 Å². The maximum atomic E-state index is 10.6. The van der Waals surface area contributed by atoms with Gasteiger partial charge in [-0.1, -0.05) is 0 Å². The lowest BCUT2D eigenvalue weighted by molar-refractivity contribution is -0.109. The number of pyridine rings is 1. The van der Waals surface area contributed by atoms with Crippen molar-refractivity contribution in [1.29, 1.82) is 0 Å². The van der Waals surface area contributed by atoms with Gasteiger partial charge in [0.05, 0.1) is 18.2 Å². The molecule has 0 saturated carbocycles. The molecule has 1 aliphatic heterocycles. The molecule has 2 rings (SSSR count). The van der Waals surface area contributed by atoms with E-state index < -0.39 is 0 Å². The molecule has 0 aromatic carbocycles. The fraction of sp³-hybridized carbons (Fsp3) is 0.333. The Balaban J connectivity index is 2.43. The van der Waals surface area contributed by atoms with E-state index in [1.807, 2.05) is 12.1 Å². The van der Waals surface area contributed by atoms with Gasteiger partial charge in [-0.15, -0.1) is 0 Å². The molecule has 62 valence electrons. The van der Waals surface area contributed by atoms with E-state index >= 15 is 0 Å². The van der Waals surface area contributed by atoms with Crippen LogP contribution in [0.2, 0.25) is 0 Å². The van der Waals surface area contributed by atoms with E-state index in [0.29, 0.717) is 6.61 Å². The Labute approximate surface area is 70.4 Å². The summed E-state index contributed by atoms with van der Waals surface area (Å²) in [5.41, 5.74) is 0.777. The quantitative estimate of drug-likeness (QED) is 0.583. The van der Waals surface area contributed by atoms with Gasteiger partial charge in [-0.05, 0) is 18.6 Å². The fourth-order valence-electron chi connectivity index (χ4n) is 1.37. The molecule has 0 saturated heterocycles. The van der Waals surface area contributed by atoms with Crippen LogP contribution in [0.5, 0.6) is 5.75 Å². The van der Waals surface area contributed by atoms with Gasteiger partial charge in [0, 0.05) is 6.20 Å². The summed E-state index contributed by atoms with van der Waals surface area (Å²) in [5.74, 6) is 0.677. The van der Waals surface area contributed by atoms with Crippen LogP contribution in [-0.4, -0.2) is 17.9 Å². The Morgan fingerprint density at radius 2 is 2.58 bits per heavy atom. The highest BCUT2D eigenvalue weighted by molar-refractivity contribution is 5.63. The zero-order valence-corrected chi connectivity index (χ0v) is 6.56. The molecular formula is C9H9NO2. The summed E-state index contributed by atoms with van der Waals surface area (Å²) in [6, 6.07) is 3.66. The lowest BCUT2D eigenvalue weighted by atomic mass is 10.0. The Morgan fingerprint density at radius 1 is 1.67 bits per heavy atom. The van der Waals surface area contributed by atoms with Crippen molar-refractivity contribution in [3.05, 3.63) is 24.0 Å². The average Bonchev–Trinajstić information content (AvgIpc) is 2.17. The molecule has 0 N–H and O–H groups in total. The van der Waals surface area contributed by atoms with Crippen LogP contribution in [0, 0.1) is 0 Å². The van der Waals surface area contributed by atoms with Gasteiger partial charge in [0.2, 0.25) is 0 Å². The van der Waals surface area contributed by atoms with Gasteiger partial charge in [-0.2, -0.15) is 0 Å². The molecule has 1 aliphatic rings. The van der Waals surface area contributed by atoms with E-state index in [1.165, 1.54) is 0 Å². The SMILES string of the molecule is O=CC1CCOc2cccnc21. The van der Waals surface area contributed by atoms with E-state index in [4.69, 9.17) is 4.74 Å². The van der Waals surface area contributed by atoms with Gasteiger partial charge in [-0.3, -0.25) is 4.98 Å². The smallest absolute Gasteiger partial charge is 0.141 e. The zero-order valence-electron chi connectivity index (χ0n) is 6.56. The number of rotatable bonds is 1. The monoisotopic (exact) mass is 163 g/mol. The molecule has 3 heteroatoms. The van der Waals surface area contributed by atoms with Crippen LogP contribution in [0.15, 0.2) is 18.3 Å². The molecule has 12 heavy (non-hydrogen) atoms. The van der Waals surface area contributed by atoms with Crippen molar-refractivity contribution in [2.45, 2.75) is 12.3 Å². The Morgan fingerprint density at radius 3 is 3.42 bits per heavy atom. The summed E-state index contributed by atoms with van der Waals surface area (Å²) in [6.45, 7) is 0.613. The summed E-state index contributed by atoms with van der Waals surface area (Å²) in [7, 11) is 0. The molecular weight excluding hydrogens is 154 g/mol. The molecule has 1 aromatic heterocycles. The third-order valence-electron chi connectivity index (χ3n) is 2.00. The van der Waals surface area contributed by atoms with Gasteiger partial charge >= 0.3 is 0 Å². The van der Waals surface area contributed by atoms with Crippen molar-refractivity contribution in [3.63, 3.8) is 0 Å². The highest BCUT2D eigenvalue weighted by Gasteiger charge is 2.21. The number of fused-ring (bicyclic) bond motifs is 1. The molecule has 0 fully saturated rings. The first kappa shape index (κ1) is 7.28. The lowest BCUT2D eigenvalue weighted by Gasteiger charge is -2.20. The number of carbonyl (C=O) groups excluding carboxylic acids is 1. The summed E-state index contributed by atoms with van der Waals surface area (Å²) in [6.07, 6.45) is 3.37. The average molecular weight is 163 g/mol. The summed E-state index contributed by atoms with van der Waals surface area (Å²) < 4.78 is 5.33. The van der Waals surface area contributed by atoms with Gasteiger partial charge in [0.15, 0.2) is 0 Å². The first-order valence-corrected chi connectivity index (χ1v) is 3.95. The number of carbonyl (C=O) groups is 1. The number of ether oxygens (including phenoxy) is 1. The van der Waals surface area contributed by atoms with Crippen LogP contribution in [0.4, 0.5) is 0 Å². The van der Waals surface area contributed by atoms with Crippen molar-refractivity contribution >= 4 is 6.29 Å². The highest BCUT2D eigenvalue weighted by atomic mass is 16.5. The Hall–Kier alpha value is -1.38. The molecule has 0 bridgehead atoms. The van der Waals surface area contributed by atoms with Crippen LogP contribution in [0.1, 0.15) is 18.0 Å². The second-order valence-corrected chi connectivity index (χ2v) is 2.77. The maximum Gasteiger partial charge on any atom is 0.141 e. The number of nitrogens with zero attached hydrogens (tertiary/aromatic N) is 1. The van der Waals surface area contributed by atoms with E-state index in [-0.39, 0.29) is 5.92 Å². The van der Waals surface area contributed by atoms with Crippen LogP contribution < -0.4 is 4.74 Å². The van der Waals surface area contributed by atoms with E-state index in [9.17, 15) is 4.79 Å². The Kier molecular flexibility index (Phi) is 1.78. The maximum absolute atomic E-state index is 10.6. The number of hydrogen-bond donors (Lipinski definition) is 0.